The molecule has 4 nitrogen and oxygen atoms in total. The summed E-state index contributed by atoms with van der Waals surface area (Å²) in [6.45, 7) is 0. The quantitative estimate of drug-likeness (QED) is 0.612. The van der Waals surface area contributed by atoms with E-state index in [1.54, 1.807) is 44.2 Å². The number of methoxy groups -OCH3 is 2. The molecule has 0 saturated carbocycles. The number of ether oxygens (including phenoxy) is 3. The standard InChI is InChI=1S/C18H16O4S/c1-20-13-6-3-12(4-7-13)5-8-15(19)14-9-18-17(22-11-23-18)10-16(14)21-2/h3-10H,11H2,1-2H3/b8-5+. The van der Waals surface area contributed by atoms with Crippen molar-refractivity contribution >= 4 is 23.6 Å². The molecule has 1 aliphatic heterocycles. The summed E-state index contributed by atoms with van der Waals surface area (Å²) in [6.07, 6.45) is 3.32. The van der Waals surface area contributed by atoms with Crippen LogP contribution in [0.2, 0.25) is 0 Å². The molecule has 0 saturated heterocycles. The number of hydrogen-bond donors (Lipinski definition) is 0. The number of thioether (sulfide) groups is 1. The Balaban J connectivity index is 1.83. The number of benzene rings is 2. The van der Waals surface area contributed by atoms with Gasteiger partial charge < -0.3 is 14.2 Å². The van der Waals surface area contributed by atoms with Gasteiger partial charge in [-0.05, 0) is 29.8 Å². The summed E-state index contributed by atoms with van der Waals surface area (Å²) in [7, 11) is 3.17. The third-order valence-electron chi connectivity index (χ3n) is 3.50. The molecular formula is C18H16O4S. The molecule has 0 N–H and O–H groups in total. The molecule has 118 valence electrons. The zero-order chi connectivity index (χ0) is 16.2. The van der Waals surface area contributed by atoms with E-state index in [0.717, 1.165) is 22.0 Å². The Kier molecular flexibility index (Phi) is 4.57. The summed E-state index contributed by atoms with van der Waals surface area (Å²) in [5.41, 5.74) is 1.46. The third-order valence-corrected chi connectivity index (χ3v) is 4.37. The fraction of sp³-hybridized carbons (Fsp3) is 0.167. The molecule has 0 fully saturated rings. The summed E-state index contributed by atoms with van der Waals surface area (Å²) < 4.78 is 15.9. The molecule has 0 radical (unpaired) electrons. The van der Waals surface area contributed by atoms with Crippen molar-refractivity contribution in [2.75, 3.05) is 20.2 Å². The van der Waals surface area contributed by atoms with Gasteiger partial charge in [-0.1, -0.05) is 30.0 Å². The van der Waals surface area contributed by atoms with Gasteiger partial charge in [0.05, 0.1) is 24.7 Å². The second kappa shape index (κ2) is 6.79. The van der Waals surface area contributed by atoms with Crippen molar-refractivity contribution in [1.29, 1.82) is 0 Å². The third kappa shape index (κ3) is 3.35. The van der Waals surface area contributed by atoms with E-state index in [1.807, 2.05) is 30.3 Å². The van der Waals surface area contributed by atoms with Crippen molar-refractivity contribution in [3.8, 4) is 17.2 Å². The van der Waals surface area contributed by atoms with Crippen LogP contribution in [-0.4, -0.2) is 25.9 Å². The van der Waals surface area contributed by atoms with E-state index in [4.69, 9.17) is 14.2 Å². The number of allylic oxidation sites excluding steroid dienone is 1. The van der Waals surface area contributed by atoms with Crippen molar-refractivity contribution < 1.29 is 19.0 Å². The van der Waals surface area contributed by atoms with Crippen molar-refractivity contribution in [1.82, 2.24) is 0 Å². The minimum Gasteiger partial charge on any atom is -0.497 e. The molecule has 2 aromatic rings. The van der Waals surface area contributed by atoms with Crippen molar-refractivity contribution in [2.45, 2.75) is 4.90 Å². The fourth-order valence-corrected chi connectivity index (χ4v) is 3.04. The van der Waals surface area contributed by atoms with E-state index in [-0.39, 0.29) is 5.78 Å². The highest BCUT2D eigenvalue weighted by atomic mass is 32.2. The average molecular weight is 328 g/mol. The Hall–Kier alpha value is -2.40. The first-order valence-electron chi connectivity index (χ1n) is 7.05. The summed E-state index contributed by atoms with van der Waals surface area (Å²) in [5.74, 6) is 2.54. The molecule has 2 aromatic carbocycles. The van der Waals surface area contributed by atoms with E-state index in [0.29, 0.717) is 17.3 Å². The maximum absolute atomic E-state index is 12.5. The number of ketones is 1. The second-order valence-corrected chi connectivity index (χ2v) is 5.84. The lowest BCUT2D eigenvalue weighted by Crippen LogP contribution is -1.99. The molecule has 0 aliphatic carbocycles. The van der Waals surface area contributed by atoms with Gasteiger partial charge >= 0.3 is 0 Å². The molecule has 0 atom stereocenters. The highest BCUT2D eigenvalue weighted by molar-refractivity contribution is 7.99. The maximum atomic E-state index is 12.5. The Morgan fingerprint density at radius 3 is 2.65 bits per heavy atom. The summed E-state index contributed by atoms with van der Waals surface area (Å²) in [5, 5.41) is 0. The first kappa shape index (κ1) is 15.5. The minimum absolute atomic E-state index is 0.104. The van der Waals surface area contributed by atoms with Crippen LogP contribution in [0.1, 0.15) is 15.9 Å². The molecular weight excluding hydrogens is 312 g/mol. The van der Waals surface area contributed by atoms with Gasteiger partial charge in [-0.3, -0.25) is 4.79 Å². The lowest BCUT2D eigenvalue weighted by molar-refractivity contribution is 0.104. The van der Waals surface area contributed by atoms with Crippen LogP contribution in [0.3, 0.4) is 0 Å². The lowest BCUT2D eigenvalue weighted by atomic mass is 10.1. The van der Waals surface area contributed by atoms with Gasteiger partial charge in [-0.15, -0.1) is 0 Å². The highest BCUT2D eigenvalue weighted by Gasteiger charge is 2.19. The van der Waals surface area contributed by atoms with Crippen LogP contribution in [0, 0.1) is 0 Å². The van der Waals surface area contributed by atoms with E-state index < -0.39 is 0 Å². The predicted octanol–water partition coefficient (Wildman–Crippen LogP) is 4.04. The van der Waals surface area contributed by atoms with Crippen LogP contribution in [0.4, 0.5) is 0 Å². The van der Waals surface area contributed by atoms with E-state index in [2.05, 4.69) is 0 Å². The molecule has 0 unspecified atom stereocenters. The normalized spacial score (nSPS) is 12.8. The van der Waals surface area contributed by atoms with Crippen LogP contribution in [0.25, 0.3) is 6.08 Å². The van der Waals surface area contributed by atoms with Crippen LogP contribution in [0.5, 0.6) is 17.2 Å². The zero-order valence-corrected chi connectivity index (χ0v) is 13.7. The van der Waals surface area contributed by atoms with Gasteiger partial charge in [0.1, 0.15) is 23.2 Å². The monoisotopic (exact) mass is 328 g/mol. The van der Waals surface area contributed by atoms with Crippen molar-refractivity contribution in [2.24, 2.45) is 0 Å². The SMILES string of the molecule is COc1ccc(/C=C/C(=O)c2cc3c(cc2OC)OCS3)cc1. The van der Waals surface area contributed by atoms with E-state index in [9.17, 15) is 4.79 Å². The van der Waals surface area contributed by atoms with Gasteiger partial charge in [0.25, 0.3) is 0 Å². The van der Waals surface area contributed by atoms with Crippen molar-refractivity contribution in [3.63, 3.8) is 0 Å². The number of hydrogen-bond acceptors (Lipinski definition) is 5. The maximum Gasteiger partial charge on any atom is 0.189 e. The molecule has 0 bridgehead atoms. The minimum atomic E-state index is -0.104. The number of rotatable bonds is 5. The van der Waals surface area contributed by atoms with Crippen LogP contribution in [-0.2, 0) is 0 Å². The number of carbonyl (C=O) groups is 1. The molecule has 5 heteroatoms. The Morgan fingerprint density at radius 2 is 1.96 bits per heavy atom. The smallest absolute Gasteiger partial charge is 0.189 e. The van der Waals surface area contributed by atoms with Gasteiger partial charge in [0.2, 0.25) is 0 Å². The highest BCUT2D eigenvalue weighted by Crippen LogP contribution is 2.40. The molecule has 0 aromatic heterocycles. The molecule has 3 rings (SSSR count). The number of fused-ring (bicyclic) bond motifs is 1. The largest absolute Gasteiger partial charge is 0.497 e. The average Bonchev–Trinajstić information content (AvgIpc) is 3.06. The lowest BCUT2D eigenvalue weighted by Gasteiger charge is -2.08. The van der Waals surface area contributed by atoms with E-state index >= 15 is 0 Å². The fourth-order valence-electron chi connectivity index (χ4n) is 2.26. The van der Waals surface area contributed by atoms with E-state index in [1.165, 1.54) is 0 Å². The van der Waals surface area contributed by atoms with Gasteiger partial charge in [-0.25, -0.2) is 0 Å². The topological polar surface area (TPSA) is 44.8 Å². The van der Waals surface area contributed by atoms with Crippen LogP contribution >= 0.6 is 11.8 Å². The van der Waals surface area contributed by atoms with Gasteiger partial charge in [0, 0.05) is 6.07 Å². The Bertz CT molecular complexity index is 750. The van der Waals surface area contributed by atoms with Crippen LogP contribution < -0.4 is 14.2 Å². The second-order valence-electron chi connectivity index (χ2n) is 4.88. The first-order valence-corrected chi connectivity index (χ1v) is 8.04. The summed E-state index contributed by atoms with van der Waals surface area (Å²) >= 11 is 1.57. The first-order chi connectivity index (χ1) is 11.2. The van der Waals surface area contributed by atoms with Gasteiger partial charge in [-0.2, -0.15) is 0 Å². The van der Waals surface area contributed by atoms with Crippen molar-refractivity contribution in [3.05, 3.63) is 53.6 Å². The molecule has 0 spiro atoms. The Labute approximate surface area is 139 Å². The predicted molar refractivity (Wildman–Crippen MR) is 90.7 cm³/mol. The van der Waals surface area contributed by atoms with Crippen LogP contribution in [0.15, 0.2) is 47.4 Å². The molecule has 1 aliphatic rings. The number of carbonyl (C=O) groups excluding carboxylic acids is 1. The Morgan fingerprint density at radius 1 is 1.17 bits per heavy atom. The molecule has 0 amide bonds. The zero-order valence-electron chi connectivity index (χ0n) is 12.9. The van der Waals surface area contributed by atoms with Gasteiger partial charge in [0.15, 0.2) is 5.78 Å². The molecule has 1 heterocycles. The molecule has 23 heavy (non-hydrogen) atoms. The summed E-state index contributed by atoms with van der Waals surface area (Å²) in [4.78, 5) is 13.4. The summed E-state index contributed by atoms with van der Waals surface area (Å²) in [6, 6.07) is 11.1.